The number of aromatic amines is 1. The average molecular weight is 465 g/mol. The van der Waals surface area contributed by atoms with Crippen molar-refractivity contribution in [2.24, 2.45) is 5.92 Å². The van der Waals surface area contributed by atoms with Gasteiger partial charge < -0.3 is 9.64 Å². The van der Waals surface area contributed by atoms with E-state index < -0.39 is 0 Å². The molecule has 9 heteroatoms. The maximum atomic E-state index is 8.95. The van der Waals surface area contributed by atoms with Gasteiger partial charge in [0, 0.05) is 48.2 Å². The molecule has 7 nitrogen and oxygen atoms in total. The summed E-state index contributed by atoms with van der Waals surface area (Å²) in [6.45, 7) is 3.33. The fourth-order valence-electron chi connectivity index (χ4n) is 3.82. The van der Waals surface area contributed by atoms with Crippen LogP contribution in [0.4, 0.5) is 5.82 Å². The number of H-pyrrole nitrogens is 1. The Morgan fingerprint density at radius 1 is 1.16 bits per heavy atom. The van der Waals surface area contributed by atoms with Crippen molar-refractivity contribution < 1.29 is 4.74 Å². The number of nitrogens with zero attached hydrogens (tertiary/aromatic N) is 5. The Labute approximate surface area is 194 Å². The van der Waals surface area contributed by atoms with Gasteiger partial charge in [0.2, 0.25) is 0 Å². The van der Waals surface area contributed by atoms with Crippen molar-refractivity contribution in [3.8, 4) is 23.1 Å². The van der Waals surface area contributed by atoms with Gasteiger partial charge in [0.05, 0.1) is 27.5 Å². The molecule has 5 rings (SSSR count). The molecule has 0 radical (unpaired) electrons. The number of fused-ring (bicyclic) bond motifs is 1. The zero-order valence-corrected chi connectivity index (χ0v) is 18.6. The summed E-state index contributed by atoms with van der Waals surface area (Å²) in [5.41, 5.74) is 3.27. The Balaban J connectivity index is 1.40. The molecule has 160 valence electrons. The SMILES string of the molecule is CC(Oc1ccc2[nH]nc(-c3ccc(N4CC(C#N)C4)nc3)c2c1)c1c(Cl)cncc1Cl. The summed E-state index contributed by atoms with van der Waals surface area (Å²) >= 11 is 12.5. The third-order valence-electron chi connectivity index (χ3n) is 5.55. The molecule has 1 fully saturated rings. The molecule has 0 saturated carbocycles. The van der Waals surface area contributed by atoms with Gasteiger partial charge in [-0.15, -0.1) is 0 Å². The number of hydrogen-bond donors (Lipinski definition) is 1. The van der Waals surface area contributed by atoms with Gasteiger partial charge in [-0.05, 0) is 37.3 Å². The van der Waals surface area contributed by atoms with E-state index in [-0.39, 0.29) is 12.0 Å². The topological polar surface area (TPSA) is 90.7 Å². The van der Waals surface area contributed by atoms with E-state index in [1.54, 1.807) is 18.6 Å². The summed E-state index contributed by atoms with van der Waals surface area (Å²) in [7, 11) is 0. The first kappa shape index (κ1) is 20.6. The van der Waals surface area contributed by atoms with Gasteiger partial charge in [-0.25, -0.2) is 4.98 Å². The first-order valence-electron chi connectivity index (χ1n) is 10.1. The van der Waals surface area contributed by atoms with Gasteiger partial charge >= 0.3 is 0 Å². The van der Waals surface area contributed by atoms with Crippen LogP contribution in [0.1, 0.15) is 18.6 Å². The summed E-state index contributed by atoms with van der Waals surface area (Å²) in [6.07, 6.45) is 4.55. The van der Waals surface area contributed by atoms with Crippen molar-refractivity contribution in [3.63, 3.8) is 0 Å². The molecule has 32 heavy (non-hydrogen) atoms. The van der Waals surface area contributed by atoms with Crippen molar-refractivity contribution in [2.75, 3.05) is 18.0 Å². The predicted molar refractivity (Wildman–Crippen MR) is 124 cm³/mol. The fraction of sp³-hybridized carbons (Fsp3) is 0.217. The molecule has 1 atom stereocenters. The van der Waals surface area contributed by atoms with Crippen molar-refractivity contribution >= 4 is 39.9 Å². The minimum absolute atomic E-state index is 0.0875. The number of benzene rings is 1. The van der Waals surface area contributed by atoms with Crippen molar-refractivity contribution in [2.45, 2.75) is 13.0 Å². The Bertz CT molecular complexity index is 1300. The second kappa shape index (κ2) is 8.30. The first-order chi connectivity index (χ1) is 15.5. The van der Waals surface area contributed by atoms with Crippen LogP contribution in [0.5, 0.6) is 5.75 Å². The van der Waals surface area contributed by atoms with Crippen molar-refractivity contribution in [1.29, 1.82) is 5.26 Å². The van der Waals surface area contributed by atoms with Gasteiger partial charge in [-0.2, -0.15) is 10.4 Å². The lowest BCUT2D eigenvalue weighted by molar-refractivity contribution is 0.227. The predicted octanol–water partition coefficient (Wildman–Crippen LogP) is 5.43. The zero-order chi connectivity index (χ0) is 22.2. The molecule has 1 unspecified atom stereocenters. The molecule has 0 bridgehead atoms. The van der Waals surface area contributed by atoms with Gasteiger partial charge in [0.1, 0.15) is 23.4 Å². The number of rotatable bonds is 5. The molecular weight excluding hydrogens is 447 g/mol. The highest BCUT2D eigenvalue weighted by atomic mass is 35.5. The van der Waals surface area contributed by atoms with Crippen LogP contribution in [0.15, 0.2) is 48.9 Å². The molecule has 3 aromatic heterocycles. The van der Waals surface area contributed by atoms with Crippen LogP contribution in [0.2, 0.25) is 10.0 Å². The second-order valence-electron chi connectivity index (χ2n) is 7.69. The summed E-state index contributed by atoms with van der Waals surface area (Å²) in [5, 5.41) is 18.3. The standard InChI is InChI=1S/C23H18Cl2N6O/c1-13(22-18(24)9-27-10-19(22)25)32-16-3-4-20-17(6-16)23(30-29-20)15-2-5-21(28-8-15)31-11-14(7-26)12-31/h2-6,8-10,13-14H,11-12H2,1H3,(H,29,30). The lowest BCUT2D eigenvalue weighted by atomic mass is 10.0. The largest absolute Gasteiger partial charge is 0.486 e. The Morgan fingerprint density at radius 2 is 1.94 bits per heavy atom. The minimum Gasteiger partial charge on any atom is -0.486 e. The van der Waals surface area contributed by atoms with E-state index in [0.29, 0.717) is 21.4 Å². The third kappa shape index (κ3) is 3.72. The number of anilines is 1. The van der Waals surface area contributed by atoms with E-state index >= 15 is 0 Å². The monoisotopic (exact) mass is 464 g/mol. The van der Waals surface area contributed by atoms with E-state index in [0.717, 1.165) is 41.1 Å². The highest BCUT2D eigenvalue weighted by molar-refractivity contribution is 6.35. The van der Waals surface area contributed by atoms with E-state index in [1.807, 2.05) is 37.3 Å². The number of nitriles is 1. The summed E-state index contributed by atoms with van der Waals surface area (Å²) in [6, 6.07) is 12.0. The van der Waals surface area contributed by atoms with Gasteiger partial charge in [-0.3, -0.25) is 10.1 Å². The number of halogens is 2. The quantitative estimate of drug-likeness (QED) is 0.423. The number of ether oxygens (including phenoxy) is 1. The highest BCUT2D eigenvalue weighted by Crippen LogP contribution is 2.35. The Morgan fingerprint density at radius 3 is 2.62 bits per heavy atom. The Hall–Kier alpha value is -3.34. The van der Waals surface area contributed by atoms with E-state index in [9.17, 15) is 0 Å². The molecule has 1 saturated heterocycles. The number of pyridine rings is 2. The van der Waals surface area contributed by atoms with E-state index in [1.165, 1.54) is 0 Å². The minimum atomic E-state index is -0.361. The van der Waals surface area contributed by atoms with Crippen LogP contribution in [-0.2, 0) is 0 Å². The zero-order valence-electron chi connectivity index (χ0n) is 17.1. The van der Waals surface area contributed by atoms with E-state index in [2.05, 4.69) is 31.1 Å². The molecule has 0 aliphatic carbocycles. The van der Waals surface area contributed by atoms with Crippen LogP contribution in [0, 0.1) is 17.2 Å². The molecule has 1 aliphatic heterocycles. The molecule has 1 aromatic carbocycles. The smallest absolute Gasteiger partial charge is 0.128 e. The first-order valence-corrected chi connectivity index (χ1v) is 10.8. The lowest BCUT2D eigenvalue weighted by Gasteiger charge is -2.36. The summed E-state index contributed by atoms with van der Waals surface area (Å²) in [4.78, 5) is 10.6. The van der Waals surface area contributed by atoms with E-state index in [4.69, 9.17) is 33.2 Å². The van der Waals surface area contributed by atoms with Crippen LogP contribution >= 0.6 is 23.2 Å². The average Bonchev–Trinajstić information content (AvgIpc) is 3.17. The number of aromatic nitrogens is 4. The summed E-state index contributed by atoms with van der Waals surface area (Å²) in [5.74, 6) is 1.62. The fourth-order valence-corrected chi connectivity index (χ4v) is 4.49. The van der Waals surface area contributed by atoms with Gasteiger partial charge in [-0.1, -0.05) is 23.2 Å². The molecular formula is C23H18Cl2N6O. The van der Waals surface area contributed by atoms with Crippen molar-refractivity contribution in [1.82, 2.24) is 20.2 Å². The van der Waals surface area contributed by atoms with Crippen LogP contribution in [0.25, 0.3) is 22.2 Å². The lowest BCUT2D eigenvalue weighted by Crippen LogP contribution is -2.46. The van der Waals surface area contributed by atoms with Crippen molar-refractivity contribution in [3.05, 3.63) is 64.5 Å². The summed E-state index contributed by atoms with van der Waals surface area (Å²) < 4.78 is 6.14. The second-order valence-corrected chi connectivity index (χ2v) is 8.51. The maximum absolute atomic E-state index is 8.95. The Kier molecular flexibility index (Phi) is 5.33. The third-order valence-corrected chi connectivity index (χ3v) is 6.16. The van der Waals surface area contributed by atoms with Crippen LogP contribution in [-0.4, -0.2) is 33.3 Å². The highest BCUT2D eigenvalue weighted by Gasteiger charge is 2.27. The molecule has 1 aliphatic rings. The van der Waals surface area contributed by atoms with Gasteiger partial charge in [0.25, 0.3) is 0 Å². The number of hydrogen-bond acceptors (Lipinski definition) is 6. The molecule has 4 aromatic rings. The molecule has 0 amide bonds. The van der Waals surface area contributed by atoms with Gasteiger partial charge in [0.15, 0.2) is 0 Å². The molecule has 1 N–H and O–H groups in total. The number of nitrogens with one attached hydrogen (secondary N) is 1. The molecule has 0 spiro atoms. The van der Waals surface area contributed by atoms with Crippen LogP contribution < -0.4 is 9.64 Å². The molecule has 4 heterocycles. The van der Waals surface area contributed by atoms with Crippen LogP contribution in [0.3, 0.4) is 0 Å². The normalized spacial score (nSPS) is 14.8. The maximum Gasteiger partial charge on any atom is 0.128 e.